The van der Waals surface area contributed by atoms with Crippen LogP contribution in [0.25, 0.3) is 0 Å². The Morgan fingerprint density at radius 3 is 2.62 bits per heavy atom. The van der Waals surface area contributed by atoms with Gasteiger partial charge in [-0.2, -0.15) is 0 Å². The van der Waals surface area contributed by atoms with Crippen LogP contribution >= 0.6 is 11.3 Å². The molecule has 5 nitrogen and oxygen atoms in total. The second kappa shape index (κ2) is 5.79. The molecule has 1 atom stereocenters. The fraction of sp³-hybridized carbons (Fsp3) is 0.700. The quantitative estimate of drug-likeness (QED) is 0.830. The first kappa shape index (κ1) is 12.9. The predicted molar refractivity (Wildman–Crippen MR) is 62.8 cm³/mol. The van der Waals surface area contributed by atoms with E-state index in [9.17, 15) is 4.79 Å². The molecular weight excluding hydrogens is 226 g/mol. The van der Waals surface area contributed by atoms with Gasteiger partial charge >= 0.3 is 6.09 Å². The molecule has 1 aromatic heterocycles. The number of aryl methyl sites for hydroxylation is 1. The SMILES string of the molecule is Cc1nnc(C[C@H](CC(C)C)NC(=O)O)s1. The first-order valence-corrected chi connectivity index (χ1v) is 6.07. The standard InChI is InChI=1S/C10H17N3O2S/c1-6(2)4-8(11-10(14)15)5-9-13-12-7(3)16-9/h6,8,11H,4-5H2,1-3H3,(H,14,15)/t8-/m0/s1. The summed E-state index contributed by atoms with van der Waals surface area (Å²) in [4.78, 5) is 10.6. The number of carbonyl (C=O) groups is 1. The average Bonchev–Trinajstić information content (AvgIpc) is 2.48. The average molecular weight is 243 g/mol. The fourth-order valence-corrected chi connectivity index (χ4v) is 2.36. The molecule has 0 radical (unpaired) electrons. The van der Waals surface area contributed by atoms with Crippen molar-refractivity contribution < 1.29 is 9.90 Å². The molecule has 2 N–H and O–H groups in total. The van der Waals surface area contributed by atoms with Gasteiger partial charge in [0.25, 0.3) is 0 Å². The summed E-state index contributed by atoms with van der Waals surface area (Å²) < 4.78 is 0. The Bertz CT molecular complexity index is 352. The molecule has 1 heterocycles. The Hall–Kier alpha value is -1.17. The summed E-state index contributed by atoms with van der Waals surface area (Å²) in [7, 11) is 0. The highest BCUT2D eigenvalue weighted by Gasteiger charge is 2.16. The Morgan fingerprint density at radius 2 is 2.19 bits per heavy atom. The van der Waals surface area contributed by atoms with E-state index in [1.54, 1.807) is 0 Å². The van der Waals surface area contributed by atoms with Crippen LogP contribution in [0.15, 0.2) is 0 Å². The van der Waals surface area contributed by atoms with Crippen LogP contribution in [0.5, 0.6) is 0 Å². The molecular formula is C10H17N3O2S. The van der Waals surface area contributed by atoms with Crippen molar-refractivity contribution in [2.24, 2.45) is 5.92 Å². The van der Waals surface area contributed by atoms with E-state index >= 15 is 0 Å². The molecule has 0 unspecified atom stereocenters. The monoisotopic (exact) mass is 243 g/mol. The van der Waals surface area contributed by atoms with Gasteiger partial charge in [-0.1, -0.05) is 13.8 Å². The molecule has 0 aliphatic carbocycles. The highest BCUT2D eigenvalue weighted by molar-refractivity contribution is 7.11. The summed E-state index contributed by atoms with van der Waals surface area (Å²) in [6, 6.07) is -0.0788. The lowest BCUT2D eigenvalue weighted by atomic mass is 10.0. The van der Waals surface area contributed by atoms with Gasteiger partial charge in [0.2, 0.25) is 0 Å². The van der Waals surface area contributed by atoms with Crippen LogP contribution < -0.4 is 5.32 Å². The third-order valence-electron chi connectivity index (χ3n) is 2.07. The first-order chi connectivity index (χ1) is 7.47. The Balaban J connectivity index is 2.58. The molecule has 6 heteroatoms. The Labute approximate surface area is 98.9 Å². The van der Waals surface area contributed by atoms with Crippen molar-refractivity contribution in [3.8, 4) is 0 Å². The van der Waals surface area contributed by atoms with Crippen molar-refractivity contribution in [2.45, 2.75) is 39.7 Å². The van der Waals surface area contributed by atoms with Crippen molar-refractivity contribution in [1.82, 2.24) is 15.5 Å². The zero-order valence-electron chi connectivity index (χ0n) is 9.73. The maximum atomic E-state index is 10.6. The minimum Gasteiger partial charge on any atom is -0.465 e. The highest BCUT2D eigenvalue weighted by atomic mass is 32.1. The second-order valence-corrected chi connectivity index (χ2v) is 5.46. The summed E-state index contributed by atoms with van der Waals surface area (Å²) in [6.07, 6.45) is 0.452. The fourth-order valence-electron chi connectivity index (χ4n) is 1.57. The number of carboxylic acid groups (broad SMARTS) is 1. The lowest BCUT2D eigenvalue weighted by Crippen LogP contribution is -2.36. The summed E-state index contributed by atoms with van der Waals surface area (Å²) in [5, 5.41) is 21.0. The lowest BCUT2D eigenvalue weighted by Gasteiger charge is -2.17. The van der Waals surface area contributed by atoms with Gasteiger partial charge in [-0.05, 0) is 19.3 Å². The third-order valence-corrected chi connectivity index (χ3v) is 2.93. The first-order valence-electron chi connectivity index (χ1n) is 5.25. The number of amides is 1. The zero-order valence-corrected chi connectivity index (χ0v) is 10.5. The number of hydrogen-bond acceptors (Lipinski definition) is 4. The molecule has 0 bridgehead atoms. The van der Waals surface area contributed by atoms with E-state index in [1.807, 2.05) is 6.92 Å². The molecule has 1 amide bonds. The minimum atomic E-state index is -0.980. The molecule has 0 fully saturated rings. The Morgan fingerprint density at radius 1 is 1.50 bits per heavy atom. The van der Waals surface area contributed by atoms with Crippen LogP contribution in [0.3, 0.4) is 0 Å². The van der Waals surface area contributed by atoms with Gasteiger partial charge in [0, 0.05) is 12.5 Å². The van der Waals surface area contributed by atoms with E-state index in [0.29, 0.717) is 12.3 Å². The van der Waals surface area contributed by atoms with Crippen LogP contribution in [0.4, 0.5) is 4.79 Å². The summed E-state index contributed by atoms with van der Waals surface area (Å²) in [5.74, 6) is 0.450. The normalized spacial score (nSPS) is 12.8. The summed E-state index contributed by atoms with van der Waals surface area (Å²) in [5.41, 5.74) is 0. The largest absolute Gasteiger partial charge is 0.465 e. The molecule has 0 saturated heterocycles. The minimum absolute atomic E-state index is 0.0788. The van der Waals surface area contributed by atoms with Crippen LogP contribution in [0.1, 0.15) is 30.3 Å². The lowest BCUT2D eigenvalue weighted by molar-refractivity contribution is 0.188. The molecule has 90 valence electrons. The third kappa shape index (κ3) is 4.57. The summed E-state index contributed by atoms with van der Waals surface area (Å²) in [6.45, 7) is 6.03. The van der Waals surface area contributed by atoms with Gasteiger partial charge in [-0.3, -0.25) is 0 Å². The summed E-state index contributed by atoms with van der Waals surface area (Å²) >= 11 is 1.52. The van der Waals surface area contributed by atoms with Crippen LogP contribution in [-0.4, -0.2) is 27.4 Å². The van der Waals surface area contributed by atoms with E-state index in [-0.39, 0.29) is 6.04 Å². The molecule has 0 aliphatic heterocycles. The van der Waals surface area contributed by atoms with Gasteiger partial charge in [0.1, 0.15) is 10.0 Å². The smallest absolute Gasteiger partial charge is 0.404 e. The molecule has 0 aromatic carbocycles. The van der Waals surface area contributed by atoms with E-state index in [1.165, 1.54) is 11.3 Å². The number of hydrogen-bond donors (Lipinski definition) is 2. The topological polar surface area (TPSA) is 75.1 Å². The van der Waals surface area contributed by atoms with Gasteiger partial charge in [-0.15, -0.1) is 21.5 Å². The van der Waals surface area contributed by atoms with Crippen molar-refractivity contribution in [3.05, 3.63) is 10.0 Å². The van der Waals surface area contributed by atoms with Crippen molar-refractivity contribution in [2.75, 3.05) is 0 Å². The van der Waals surface area contributed by atoms with Crippen LogP contribution in [-0.2, 0) is 6.42 Å². The Kier molecular flexibility index (Phi) is 4.67. The maximum absolute atomic E-state index is 10.6. The van der Waals surface area contributed by atoms with Crippen LogP contribution in [0.2, 0.25) is 0 Å². The van der Waals surface area contributed by atoms with Gasteiger partial charge < -0.3 is 10.4 Å². The van der Waals surface area contributed by atoms with Gasteiger partial charge in [-0.25, -0.2) is 4.79 Å². The van der Waals surface area contributed by atoms with E-state index in [4.69, 9.17) is 5.11 Å². The molecule has 0 aliphatic rings. The van der Waals surface area contributed by atoms with Crippen LogP contribution in [0, 0.1) is 12.8 Å². The highest BCUT2D eigenvalue weighted by Crippen LogP contribution is 2.14. The zero-order chi connectivity index (χ0) is 12.1. The molecule has 0 saturated carbocycles. The van der Waals surface area contributed by atoms with Crippen molar-refractivity contribution in [3.63, 3.8) is 0 Å². The number of rotatable bonds is 5. The van der Waals surface area contributed by atoms with E-state index in [2.05, 4.69) is 29.4 Å². The molecule has 1 rings (SSSR count). The van der Waals surface area contributed by atoms with Gasteiger partial charge in [0.05, 0.1) is 0 Å². The number of aromatic nitrogens is 2. The predicted octanol–water partition coefficient (Wildman–Crippen LogP) is 2.07. The number of nitrogens with one attached hydrogen (secondary N) is 1. The molecule has 0 spiro atoms. The van der Waals surface area contributed by atoms with E-state index < -0.39 is 6.09 Å². The molecule has 1 aromatic rings. The second-order valence-electron chi connectivity index (χ2n) is 4.19. The van der Waals surface area contributed by atoms with Crippen molar-refractivity contribution in [1.29, 1.82) is 0 Å². The number of nitrogens with zero attached hydrogens (tertiary/aromatic N) is 2. The maximum Gasteiger partial charge on any atom is 0.404 e. The van der Waals surface area contributed by atoms with Gasteiger partial charge in [0.15, 0.2) is 0 Å². The van der Waals surface area contributed by atoms with Crippen molar-refractivity contribution >= 4 is 17.4 Å². The van der Waals surface area contributed by atoms with E-state index in [0.717, 1.165) is 16.4 Å². The molecule has 16 heavy (non-hydrogen) atoms.